The number of anilines is 1. The van der Waals surface area contributed by atoms with Crippen LogP contribution in [0.3, 0.4) is 0 Å². The summed E-state index contributed by atoms with van der Waals surface area (Å²) in [7, 11) is 0. The Morgan fingerprint density at radius 2 is 2.03 bits per heavy atom. The summed E-state index contributed by atoms with van der Waals surface area (Å²) >= 11 is 2.80. The Morgan fingerprint density at radius 3 is 2.74 bits per heavy atom. The summed E-state index contributed by atoms with van der Waals surface area (Å²) in [4.78, 5) is 35.8. The fraction of sp³-hybridized carbons (Fsp3) is 0.333. The SMILES string of the molecule is Cc1cccc(-c2sc(N)nc2C(=O)N2[C@H](CN)C[C@@H]3C[C@@H]32)c1.Cc1nc2sccn2c1C(=O)O. The molecule has 9 nitrogen and oxygen atoms in total. The first-order valence-electron chi connectivity index (χ1n) is 11.3. The average molecular weight is 511 g/mol. The molecule has 1 aromatic carbocycles. The van der Waals surface area contributed by atoms with E-state index < -0.39 is 5.97 Å². The van der Waals surface area contributed by atoms with Crippen molar-refractivity contribution in [2.75, 3.05) is 12.3 Å². The molecule has 2 fully saturated rings. The van der Waals surface area contributed by atoms with E-state index in [0.29, 0.717) is 35.0 Å². The quantitative estimate of drug-likeness (QED) is 0.380. The zero-order chi connectivity index (χ0) is 24.9. The fourth-order valence-electron chi connectivity index (χ4n) is 4.82. The molecular weight excluding hydrogens is 484 g/mol. The number of aromatic nitrogens is 3. The number of thiazole rings is 2. The number of hydrogen-bond donors (Lipinski definition) is 3. The molecule has 0 spiro atoms. The van der Waals surface area contributed by atoms with Gasteiger partial charge in [-0.25, -0.2) is 14.8 Å². The molecule has 4 aromatic rings. The Kier molecular flexibility index (Phi) is 6.07. The molecule has 3 aromatic heterocycles. The van der Waals surface area contributed by atoms with E-state index in [2.05, 4.69) is 16.0 Å². The Hall–Kier alpha value is -3.28. The van der Waals surface area contributed by atoms with Crippen molar-refractivity contribution < 1.29 is 14.7 Å². The van der Waals surface area contributed by atoms with E-state index in [1.165, 1.54) is 22.7 Å². The number of amides is 1. The van der Waals surface area contributed by atoms with E-state index in [9.17, 15) is 9.59 Å². The summed E-state index contributed by atoms with van der Waals surface area (Å²) in [5.74, 6) is -0.320. The molecule has 1 saturated carbocycles. The largest absolute Gasteiger partial charge is 0.477 e. The highest BCUT2D eigenvalue weighted by Crippen LogP contribution is 2.48. The van der Waals surface area contributed by atoms with Crippen molar-refractivity contribution in [3.05, 3.63) is 58.5 Å². The molecule has 1 aliphatic heterocycles. The van der Waals surface area contributed by atoms with Crippen LogP contribution in [0.25, 0.3) is 15.4 Å². The zero-order valence-electron chi connectivity index (χ0n) is 19.3. The number of aromatic carboxylic acids is 1. The van der Waals surface area contributed by atoms with Gasteiger partial charge in [0.1, 0.15) is 5.69 Å². The highest BCUT2D eigenvalue weighted by Gasteiger charge is 2.54. The number of likely N-dealkylation sites (tertiary alicyclic amines) is 1. The summed E-state index contributed by atoms with van der Waals surface area (Å²) in [6.45, 7) is 4.25. The zero-order valence-corrected chi connectivity index (χ0v) is 21.0. The summed E-state index contributed by atoms with van der Waals surface area (Å²) in [5.41, 5.74) is 15.2. The van der Waals surface area contributed by atoms with Crippen LogP contribution in [0.15, 0.2) is 35.8 Å². The van der Waals surface area contributed by atoms with Gasteiger partial charge in [0.15, 0.2) is 15.8 Å². The van der Waals surface area contributed by atoms with Crippen molar-refractivity contribution in [2.45, 2.75) is 38.8 Å². The van der Waals surface area contributed by atoms with Crippen LogP contribution in [-0.4, -0.2) is 54.9 Å². The summed E-state index contributed by atoms with van der Waals surface area (Å²) in [6, 6.07) is 8.58. The van der Waals surface area contributed by atoms with Crippen molar-refractivity contribution in [1.82, 2.24) is 19.3 Å². The number of hydrogen-bond acceptors (Lipinski definition) is 8. The monoisotopic (exact) mass is 510 g/mol. The molecule has 0 bridgehead atoms. The van der Waals surface area contributed by atoms with E-state index in [0.717, 1.165) is 33.8 Å². The second-order valence-electron chi connectivity index (χ2n) is 8.91. The first-order valence-corrected chi connectivity index (χ1v) is 13.0. The number of carboxylic acids is 1. The van der Waals surface area contributed by atoms with E-state index in [1.807, 2.05) is 35.4 Å². The molecule has 182 valence electrons. The molecule has 6 rings (SSSR count). The lowest BCUT2D eigenvalue weighted by Gasteiger charge is -2.26. The molecule has 11 heteroatoms. The lowest BCUT2D eigenvalue weighted by atomic mass is 10.1. The Balaban J connectivity index is 0.000000178. The highest BCUT2D eigenvalue weighted by molar-refractivity contribution is 7.19. The number of nitrogens with two attached hydrogens (primary N) is 2. The van der Waals surface area contributed by atoms with Gasteiger partial charge >= 0.3 is 5.97 Å². The molecule has 35 heavy (non-hydrogen) atoms. The molecule has 0 unspecified atom stereocenters. The van der Waals surface area contributed by atoms with E-state index in [4.69, 9.17) is 16.6 Å². The minimum atomic E-state index is -0.932. The second-order valence-corrected chi connectivity index (χ2v) is 10.8. The first-order chi connectivity index (χ1) is 16.8. The van der Waals surface area contributed by atoms with Crippen molar-refractivity contribution >= 4 is 44.6 Å². The lowest BCUT2D eigenvalue weighted by Crippen LogP contribution is -2.42. The molecule has 4 heterocycles. The lowest BCUT2D eigenvalue weighted by molar-refractivity contribution is 0.0683. The minimum absolute atomic E-state index is 0.0186. The molecular formula is C24H26N6O3S2. The number of carboxylic acid groups (broad SMARTS) is 1. The maximum absolute atomic E-state index is 13.1. The Labute approximate surface area is 210 Å². The molecule has 5 N–H and O–H groups in total. The number of benzene rings is 1. The maximum Gasteiger partial charge on any atom is 0.354 e. The summed E-state index contributed by atoms with van der Waals surface area (Å²) in [5, 5.41) is 11.1. The van der Waals surface area contributed by atoms with E-state index >= 15 is 0 Å². The molecule has 0 radical (unpaired) electrons. The van der Waals surface area contributed by atoms with Crippen LogP contribution in [0.4, 0.5) is 5.13 Å². The number of aryl methyl sites for hydroxylation is 2. The van der Waals surface area contributed by atoms with Crippen LogP contribution in [-0.2, 0) is 0 Å². The van der Waals surface area contributed by atoms with Crippen LogP contribution >= 0.6 is 22.7 Å². The minimum Gasteiger partial charge on any atom is -0.477 e. The number of nitrogens with zero attached hydrogens (tertiary/aromatic N) is 4. The van der Waals surface area contributed by atoms with Gasteiger partial charge in [0.2, 0.25) is 0 Å². The van der Waals surface area contributed by atoms with Crippen LogP contribution in [0.1, 0.15) is 45.1 Å². The molecule has 2 aliphatic rings. The maximum atomic E-state index is 13.1. The van der Waals surface area contributed by atoms with Gasteiger partial charge in [-0.05, 0) is 38.2 Å². The van der Waals surface area contributed by atoms with Gasteiger partial charge in [-0.15, -0.1) is 11.3 Å². The average Bonchev–Trinajstić information content (AvgIpc) is 3.17. The highest BCUT2D eigenvalue weighted by atomic mass is 32.1. The van der Waals surface area contributed by atoms with Crippen LogP contribution in [0.5, 0.6) is 0 Å². The van der Waals surface area contributed by atoms with Gasteiger partial charge in [0.25, 0.3) is 5.91 Å². The third-order valence-electron chi connectivity index (χ3n) is 6.48. The number of nitrogen functional groups attached to an aromatic ring is 1. The summed E-state index contributed by atoms with van der Waals surface area (Å²) in [6.07, 6.45) is 3.83. The standard InChI is InChI=1S/C17H20N4OS.C7H6N2O2S/c1-9-3-2-4-10(5-9)15-14(20-17(19)23-15)16(22)21-12(8-18)6-11-7-13(11)21;1-4-5(6(10)11)9-2-3-12-7(9)8-4/h2-5,11-13H,6-8,18H2,1H3,(H2,19,20);2-3H,1H3,(H,10,11)/t11-,12+,13+;/m1./s1. The summed E-state index contributed by atoms with van der Waals surface area (Å²) < 4.78 is 1.59. The van der Waals surface area contributed by atoms with Gasteiger partial charge < -0.3 is 21.5 Å². The van der Waals surface area contributed by atoms with Crippen molar-refractivity contribution in [1.29, 1.82) is 0 Å². The predicted molar refractivity (Wildman–Crippen MR) is 137 cm³/mol. The van der Waals surface area contributed by atoms with Crippen LogP contribution < -0.4 is 11.5 Å². The third kappa shape index (κ3) is 4.30. The second kappa shape index (κ2) is 9.06. The molecule has 3 atom stereocenters. The number of carbonyl (C=O) groups excluding carboxylic acids is 1. The Morgan fingerprint density at radius 1 is 1.23 bits per heavy atom. The molecule has 1 aliphatic carbocycles. The van der Waals surface area contributed by atoms with Crippen molar-refractivity contribution in [2.24, 2.45) is 11.7 Å². The molecule has 1 saturated heterocycles. The predicted octanol–water partition coefficient (Wildman–Crippen LogP) is 3.66. The third-order valence-corrected chi connectivity index (χ3v) is 8.17. The smallest absolute Gasteiger partial charge is 0.354 e. The van der Waals surface area contributed by atoms with E-state index in [-0.39, 0.29) is 17.6 Å². The van der Waals surface area contributed by atoms with Crippen molar-refractivity contribution in [3.63, 3.8) is 0 Å². The van der Waals surface area contributed by atoms with Gasteiger partial charge in [-0.3, -0.25) is 9.20 Å². The van der Waals surface area contributed by atoms with Crippen LogP contribution in [0.2, 0.25) is 0 Å². The van der Waals surface area contributed by atoms with Crippen LogP contribution in [0, 0.1) is 19.8 Å². The van der Waals surface area contributed by atoms with Gasteiger partial charge in [0.05, 0.1) is 10.6 Å². The number of rotatable bonds is 4. The molecule has 1 amide bonds. The normalized spacial score (nSPS) is 20.4. The van der Waals surface area contributed by atoms with Gasteiger partial charge in [-0.2, -0.15) is 0 Å². The van der Waals surface area contributed by atoms with Gasteiger partial charge in [-0.1, -0.05) is 41.2 Å². The first kappa shape index (κ1) is 23.5. The van der Waals surface area contributed by atoms with Crippen molar-refractivity contribution in [3.8, 4) is 10.4 Å². The fourth-order valence-corrected chi connectivity index (χ4v) is 6.40. The number of imidazole rings is 1. The number of fused-ring (bicyclic) bond motifs is 2. The number of piperidine rings is 1. The Bertz CT molecular complexity index is 1420. The van der Waals surface area contributed by atoms with Gasteiger partial charge in [0, 0.05) is 30.2 Å². The van der Waals surface area contributed by atoms with E-state index in [1.54, 1.807) is 17.5 Å². The number of carbonyl (C=O) groups is 2. The topological polar surface area (TPSA) is 140 Å².